The van der Waals surface area contributed by atoms with E-state index in [0.717, 1.165) is 0 Å². The fourth-order valence-corrected chi connectivity index (χ4v) is 3.57. The number of benzene rings is 2. The second kappa shape index (κ2) is 10.5. The molecule has 3 rings (SSSR count). The first-order chi connectivity index (χ1) is 15.9. The van der Waals surface area contributed by atoms with Crippen LogP contribution in [0.2, 0.25) is 0 Å². The number of anilines is 1. The van der Waals surface area contributed by atoms with Crippen molar-refractivity contribution in [1.29, 1.82) is 0 Å². The molecule has 172 valence electrons. The fraction of sp³-hybridized carbons (Fsp3) is 0.292. The summed E-state index contributed by atoms with van der Waals surface area (Å²) in [6.45, 7) is 0.279. The van der Waals surface area contributed by atoms with E-state index in [0.29, 0.717) is 30.4 Å². The Morgan fingerprint density at radius 3 is 2.09 bits per heavy atom. The topological polar surface area (TPSA) is 119 Å². The van der Waals surface area contributed by atoms with E-state index in [4.69, 9.17) is 4.74 Å². The van der Waals surface area contributed by atoms with E-state index in [1.165, 1.54) is 37.3 Å². The number of esters is 2. The molecule has 2 aromatic carbocycles. The van der Waals surface area contributed by atoms with Crippen molar-refractivity contribution in [3.05, 3.63) is 64.7 Å². The van der Waals surface area contributed by atoms with E-state index in [-0.39, 0.29) is 47.5 Å². The summed E-state index contributed by atoms with van der Waals surface area (Å²) < 4.78 is 9.39. The molecule has 2 aromatic rings. The Morgan fingerprint density at radius 2 is 1.48 bits per heavy atom. The number of unbranched alkanes of at least 4 members (excludes halogenated alkanes) is 2. The molecular weight excluding hydrogens is 428 g/mol. The third-order valence-electron chi connectivity index (χ3n) is 5.28. The maximum absolute atomic E-state index is 12.4. The molecule has 33 heavy (non-hydrogen) atoms. The van der Waals surface area contributed by atoms with E-state index >= 15 is 0 Å². The summed E-state index contributed by atoms with van der Waals surface area (Å²) in [5.41, 5.74) is 1.28. The number of carbonyl (C=O) groups is 5. The number of methoxy groups -OCH3 is 2. The summed E-state index contributed by atoms with van der Waals surface area (Å²) in [5, 5.41) is 2.64. The lowest BCUT2D eigenvalue weighted by Crippen LogP contribution is -2.30. The van der Waals surface area contributed by atoms with Crippen LogP contribution in [0.5, 0.6) is 0 Å². The van der Waals surface area contributed by atoms with Gasteiger partial charge in [-0.15, -0.1) is 0 Å². The normalized spacial score (nSPS) is 12.4. The Hall–Kier alpha value is -4.01. The molecule has 9 heteroatoms. The van der Waals surface area contributed by atoms with Gasteiger partial charge in [-0.05, 0) is 43.2 Å². The minimum Gasteiger partial charge on any atom is -0.465 e. The van der Waals surface area contributed by atoms with E-state index in [1.54, 1.807) is 24.3 Å². The summed E-state index contributed by atoms with van der Waals surface area (Å²) in [6.07, 6.45) is 1.85. The first-order valence-corrected chi connectivity index (χ1v) is 10.4. The molecule has 0 radical (unpaired) electrons. The summed E-state index contributed by atoms with van der Waals surface area (Å²) in [5.74, 6) is -2.19. The zero-order chi connectivity index (χ0) is 24.0. The van der Waals surface area contributed by atoms with Gasteiger partial charge in [-0.25, -0.2) is 9.59 Å². The molecular formula is C24H24N2O7. The van der Waals surface area contributed by atoms with Crippen LogP contribution >= 0.6 is 0 Å². The highest BCUT2D eigenvalue weighted by Crippen LogP contribution is 2.23. The average Bonchev–Trinajstić information content (AvgIpc) is 3.07. The number of hydrogen-bond donors (Lipinski definition) is 1. The molecule has 0 saturated heterocycles. The highest BCUT2D eigenvalue weighted by atomic mass is 16.5. The molecule has 0 bridgehead atoms. The Balaban J connectivity index is 1.51. The molecule has 0 spiro atoms. The molecule has 0 aliphatic carbocycles. The summed E-state index contributed by atoms with van der Waals surface area (Å²) in [6, 6.07) is 10.9. The van der Waals surface area contributed by atoms with E-state index in [9.17, 15) is 24.0 Å². The lowest BCUT2D eigenvalue weighted by molar-refractivity contribution is -0.116. The zero-order valence-corrected chi connectivity index (χ0v) is 18.4. The van der Waals surface area contributed by atoms with Gasteiger partial charge in [0.25, 0.3) is 11.8 Å². The molecule has 0 atom stereocenters. The Morgan fingerprint density at radius 1 is 0.848 bits per heavy atom. The molecule has 1 aliphatic heterocycles. The van der Waals surface area contributed by atoms with Gasteiger partial charge in [-0.3, -0.25) is 19.3 Å². The Bertz CT molecular complexity index is 1070. The molecule has 0 fully saturated rings. The van der Waals surface area contributed by atoms with Crippen LogP contribution in [0.15, 0.2) is 42.5 Å². The van der Waals surface area contributed by atoms with Crippen molar-refractivity contribution in [1.82, 2.24) is 4.90 Å². The lowest BCUT2D eigenvalue weighted by atomic mass is 10.1. The van der Waals surface area contributed by atoms with E-state index < -0.39 is 11.9 Å². The van der Waals surface area contributed by atoms with Gasteiger partial charge in [0.15, 0.2) is 0 Å². The van der Waals surface area contributed by atoms with Crippen molar-refractivity contribution in [3.63, 3.8) is 0 Å². The SMILES string of the molecule is COC(=O)c1ccc(C(=O)OC)c(NC(=O)CCCCCN2C(=O)c3ccccc3C2=O)c1. The van der Waals surface area contributed by atoms with E-state index in [2.05, 4.69) is 10.1 Å². The third-order valence-corrected chi connectivity index (χ3v) is 5.28. The lowest BCUT2D eigenvalue weighted by Gasteiger charge is -2.13. The van der Waals surface area contributed by atoms with Crippen molar-refractivity contribution >= 4 is 35.3 Å². The minimum absolute atomic E-state index is 0.115. The number of ether oxygens (including phenoxy) is 2. The molecule has 1 aliphatic rings. The molecule has 1 N–H and O–H groups in total. The number of amides is 3. The summed E-state index contributed by atoms with van der Waals surface area (Å²) in [7, 11) is 2.45. The maximum atomic E-state index is 12.4. The number of nitrogens with zero attached hydrogens (tertiary/aromatic N) is 1. The van der Waals surface area contributed by atoms with Crippen molar-refractivity contribution in [2.24, 2.45) is 0 Å². The number of nitrogens with one attached hydrogen (secondary N) is 1. The van der Waals surface area contributed by atoms with Crippen molar-refractivity contribution in [2.75, 3.05) is 26.1 Å². The largest absolute Gasteiger partial charge is 0.465 e. The Labute approximate surface area is 190 Å². The number of fused-ring (bicyclic) bond motifs is 1. The summed E-state index contributed by atoms with van der Waals surface area (Å²) >= 11 is 0. The van der Waals surface area contributed by atoms with Crippen LogP contribution in [0, 0.1) is 0 Å². The second-order valence-electron chi connectivity index (χ2n) is 7.41. The number of rotatable bonds is 9. The van der Waals surface area contributed by atoms with Gasteiger partial charge in [0.1, 0.15) is 0 Å². The van der Waals surface area contributed by atoms with Crippen LogP contribution < -0.4 is 5.32 Å². The predicted molar refractivity (Wildman–Crippen MR) is 118 cm³/mol. The fourth-order valence-electron chi connectivity index (χ4n) is 3.57. The van der Waals surface area contributed by atoms with Crippen molar-refractivity contribution in [2.45, 2.75) is 25.7 Å². The zero-order valence-electron chi connectivity index (χ0n) is 18.4. The Kier molecular flexibility index (Phi) is 7.55. The van der Waals surface area contributed by atoms with Crippen LogP contribution in [-0.4, -0.2) is 55.3 Å². The molecule has 1 heterocycles. The van der Waals surface area contributed by atoms with Crippen LogP contribution in [0.25, 0.3) is 0 Å². The van der Waals surface area contributed by atoms with Gasteiger partial charge in [0.05, 0.1) is 42.2 Å². The standard InChI is InChI=1S/C24H24N2O7/c1-32-23(30)15-11-12-18(24(31)33-2)19(14-15)25-20(27)10-4-3-7-13-26-21(28)16-8-5-6-9-17(16)22(26)29/h5-6,8-9,11-12,14H,3-4,7,10,13H2,1-2H3,(H,25,27). The maximum Gasteiger partial charge on any atom is 0.339 e. The molecule has 3 amide bonds. The smallest absolute Gasteiger partial charge is 0.339 e. The van der Waals surface area contributed by atoms with Gasteiger partial charge < -0.3 is 14.8 Å². The van der Waals surface area contributed by atoms with Gasteiger partial charge in [0, 0.05) is 13.0 Å². The number of carbonyl (C=O) groups excluding carboxylic acids is 5. The summed E-state index contributed by atoms with van der Waals surface area (Å²) in [4.78, 5) is 62.1. The van der Waals surface area contributed by atoms with Crippen LogP contribution in [0.1, 0.15) is 67.1 Å². The average molecular weight is 452 g/mol. The quantitative estimate of drug-likeness (QED) is 0.353. The van der Waals surface area contributed by atoms with Crippen LogP contribution in [-0.2, 0) is 14.3 Å². The van der Waals surface area contributed by atoms with E-state index in [1.807, 2.05) is 0 Å². The van der Waals surface area contributed by atoms with Gasteiger partial charge >= 0.3 is 11.9 Å². The predicted octanol–water partition coefficient (Wildman–Crippen LogP) is 3.05. The number of hydrogen-bond acceptors (Lipinski definition) is 7. The first-order valence-electron chi connectivity index (χ1n) is 10.4. The van der Waals surface area contributed by atoms with Gasteiger partial charge in [-0.1, -0.05) is 18.6 Å². The second-order valence-corrected chi connectivity index (χ2v) is 7.41. The van der Waals surface area contributed by atoms with Gasteiger partial charge in [-0.2, -0.15) is 0 Å². The van der Waals surface area contributed by atoms with Crippen LogP contribution in [0.3, 0.4) is 0 Å². The monoisotopic (exact) mass is 452 g/mol. The third kappa shape index (κ3) is 5.25. The minimum atomic E-state index is -0.650. The number of imide groups is 1. The molecule has 0 unspecified atom stereocenters. The molecule has 0 aromatic heterocycles. The molecule has 0 saturated carbocycles. The highest BCUT2D eigenvalue weighted by Gasteiger charge is 2.34. The van der Waals surface area contributed by atoms with Crippen molar-refractivity contribution in [3.8, 4) is 0 Å². The first kappa shape index (κ1) is 23.6. The van der Waals surface area contributed by atoms with Gasteiger partial charge in [0.2, 0.25) is 5.91 Å². The van der Waals surface area contributed by atoms with Crippen LogP contribution in [0.4, 0.5) is 5.69 Å². The molecule has 9 nitrogen and oxygen atoms in total. The van der Waals surface area contributed by atoms with Crippen molar-refractivity contribution < 1.29 is 33.4 Å². The highest BCUT2D eigenvalue weighted by molar-refractivity contribution is 6.21.